The largest absolute Gasteiger partial charge is 0.344 e. The lowest BCUT2D eigenvalue weighted by Crippen LogP contribution is -2.40. The van der Waals surface area contributed by atoms with Crippen molar-refractivity contribution >= 4 is 17.5 Å². The van der Waals surface area contributed by atoms with Gasteiger partial charge in [0.05, 0.1) is 6.04 Å². The van der Waals surface area contributed by atoms with Crippen molar-refractivity contribution in [3.8, 4) is 0 Å². The van der Waals surface area contributed by atoms with E-state index in [0.29, 0.717) is 23.6 Å². The molecular formula is C12H16ClFN2O. The Kier molecular flexibility index (Phi) is 4.90. The molecule has 0 aliphatic heterocycles. The molecule has 0 heterocycles. The quantitative estimate of drug-likeness (QED) is 0.896. The SMILES string of the molecule is CC(N)C(=O)N(C)CCc1c(F)cccc1Cl. The Balaban J connectivity index is 2.65. The van der Waals surface area contributed by atoms with Gasteiger partial charge in [0.1, 0.15) is 5.82 Å². The van der Waals surface area contributed by atoms with Crippen molar-refractivity contribution in [1.29, 1.82) is 0 Å². The molecule has 1 amide bonds. The third kappa shape index (κ3) is 3.68. The summed E-state index contributed by atoms with van der Waals surface area (Å²) in [6.45, 7) is 2.01. The molecule has 0 radical (unpaired) electrons. The van der Waals surface area contributed by atoms with Crippen LogP contribution < -0.4 is 5.73 Å². The Hall–Kier alpha value is -1.13. The van der Waals surface area contributed by atoms with Gasteiger partial charge in [0, 0.05) is 24.2 Å². The van der Waals surface area contributed by atoms with Crippen molar-refractivity contribution in [2.75, 3.05) is 13.6 Å². The van der Waals surface area contributed by atoms with Crippen molar-refractivity contribution in [1.82, 2.24) is 4.90 Å². The summed E-state index contributed by atoms with van der Waals surface area (Å²) in [6, 6.07) is 4.00. The van der Waals surface area contributed by atoms with Gasteiger partial charge in [0.2, 0.25) is 5.91 Å². The molecule has 1 aromatic carbocycles. The Morgan fingerprint density at radius 3 is 2.76 bits per heavy atom. The van der Waals surface area contributed by atoms with Crippen LogP contribution in [0.4, 0.5) is 4.39 Å². The summed E-state index contributed by atoms with van der Waals surface area (Å²) in [5.74, 6) is -0.517. The van der Waals surface area contributed by atoms with E-state index >= 15 is 0 Å². The molecule has 94 valence electrons. The highest BCUT2D eigenvalue weighted by molar-refractivity contribution is 6.31. The number of hydrogen-bond donors (Lipinski definition) is 1. The lowest BCUT2D eigenvalue weighted by atomic mass is 10.1. The normalized spacial score (nSPS) is 12.3. The second kappa shape index (κ2) is 5.98. The number of nitrogens with two attached hydrogens (primary N) is 1. The molecule has 3 nitrogen and oxygen atoms in total. The molecule has 1 aromatic rings. The Morgan fingerprint density at radius 2 is 2.24 bits per heavy atom. The number of carbonyl (C=O) groups is 1. The van der Waals surface area contributed by atoms with Gasteiger partial charge in [-0.2, -0.15) is 0 Å². The van der Waals surface area contributed by atoms with Crippen molar-refractivity contribution in [2.45, 2.75) is 19.4 Å². The monoisotopic (exact) mass is 258 g/mol. The van der Waals surface area contributed by atoms with Crippen LogP contribution in [-0.2, 0) is 11.2 Å². The van der Waals surface area contributed by atoms with Crippen LogP contribution in [0.15, 0.2) is 18.2 Å². The summed E-state index contributed by atoms with van der Waals surface area (Å²) in [7, 11) is 1.64. The highest BCUT2D eigenvalue weighted by atomic mass is 35.5. The molecule has 17 heavy (non-hydrogen) atoms. The number of rotatable bonds is 4. The Labute approximate surface area is 105 Å². The maximum absolute atomic E-state index is 13.4. The molecule has 2 N–H and O–H groups in total. The summed E-state index contributed by atoms with van der Waals surface area (Å²) in [4.78, 5) is 13.0. The fraction of sp³-hybridized carbons (Fsp3) is 0.417. The van der Waals surface area contributed by atoms with Crippen LogP contribution in [0.3, 0.4) is 0 Å². The minimum Gasteiger partial charge on any atom is -0.344 e. The zero-order valence-electron chi connectivity index (χ0n) is 9.91. The summed E-state index contributed by atoms with van der Waals surface area (Å²) < 4.78 is 13.4. The number of likely N-dealkylation sites (N-methyl/N-ethyl adjacent to an activating group) is 1. The molecular weight excluding hydrogens is 243 g/mol. The Morgan fingerprint density at radius 1 is 1.59 bits per heavy atom. The number of amides is 1. The topological polar surface area (TPSA) is 46.3 Å². The van der Waals surface area contributed by atoms with Crippen LogP contribution in [0.2, 0.25) is 5.02 Å². The molecule has 5 heteroatoms. The van der Waals surface area contributed by atoms with Gasteiger partial charge >= 0.3 is 0 Å². The van der Waals surface area contributed by atoms with E-state index in [1.807, 2.05) is 0 Å². The summed E-state index contributed by atoms with van der Waals surface area (Å²) in [5.41, 5.74) is 5.90. The average molecular weight is 259 g/mol. The minimum absolute atomic E-state index is 0.169. The number of nitrogens with zero attached hydrogens (tertiary/aromatic N) is 1. The molecule has 0 saturated carbocycles. The number of carbonyl (C=O) groups excluding carboxylic acids is 1. The van der Waals surface area contributed by atoms with E-state index in [1.165, 1.54) is 11.0 Å². The molecule has 0 aliphatic rings. The first-order chi connectivity index (χ1) is 7.93. The highest BCUT2D eigenvalue weighted by Gasteiger charge is 2.14. The van der Waals surface area contributed by atoms with Gasteiger partial charge in [-0.1, -0.05) is 17.7 Å². The zero-order chi connectivity index (χ0) is 13.0. The minimum atomic E-state index is -0.545. The molecule has 1 rings (SSSR count). The second-order valence-electron chi connectivity index (χ2n) is 4.00. The molecule has 0 aromatic heterocycles. The van der Waals surface area contributed by atoms with Gasteiger partial charge in [-0.15, -0.1) is 0 Å². The number of benzene rings is 1. The maximum Gasteiger partial charge on any atom is 0.238 e. The lowest BCUT2D eigenvalue weighted by molar-refractivity contribution is -0.130. The standard InChI is InChI=1S/C12H16ClFN2O/c1-8(15)12(17)16(2)7-6-9-10(13)4-3-5-11(9)14/h3-5,8H,6-7,15H2,1-2H3. The van der Waals surface area contributed by atoms with E-state index in [2.05, 4.69) is 0 Å². The van der Waals surface area contributed by atoms with Crippen LogP contribution in [-0.4, -0.2) is 30.4 Å². The van der Waals surface area contributed by atoms with Gasteiger partial charge < -0.3 is 10.6 Å². The zero-order valence-corrected chi connectivity index (χ0v) is 10.7. The summed E-state index contributed by atoms with van der Waals surface area (Å²) in [6.07, 6.45) is 0.375. The van der Waals surface area contributed by atoms with E-state index in [0.717, 1.165) is 0 Å². The molecule has 1 unspecified atom stereocenters. The van der Waals surface area contributed by atoms with Gasteiger partial charge in [-0.05, 0) is 25.5 Å². The van der Waals surface area contributed by atoms with Gasteiger partial charge in [0.15, 0.2) is 0 Å². The first-order valence-corrected chi connectivity index (χ1v) is 5.74. The van der Waals surface area contributed by atoms with Crippen LogP contribution in [0, 0.1) is 5.82 Å². The maximum atomic E-state index is 13.4. The predicted octanol–water partition coefficient (Wildman–Crippen LogP) is 1.83. The smallest absolute Gasteiger partial charge is 0.238 e. The second-order valence-corrected chi connectivity index (χ2v) is 4.41. The van der Waals surface area contributed by atoms with E-state index in [1.54, 1.807) is 26.1 Å². The van der Waals surface area contributed by atoms with E-state index < -0.39 is 6.04 Å². The highest BCUT2D eigenvalue weighted by Crippen LogP contribution is 2.19. The van der Waals surface area contributed by atoms with E-state index in [-0.39, 0.29) is 11.7 Å². The number of halogens is 2. The van der Waals surface area contributed by atoms with Gasteiger partial charge in [0.25, 0.3) is 0 Å². The summed E-state index contributed by atoms with van der Waals surface area (Å²) >= 11 is 5.89. The van der Waals surface area contributed by atoms with Crippen molar-refractivity contribution in [3.63, 3.8) is 0 Å². The molecule has 1 atom stereocenters. The molecule has 0 bridgehead atoms. The molecule has 0 spiro atoms. The van der Waals surface area contributed by atoms with E-state index in [4.69, 9.17) is 17.3 Å². The van der Waals surface area contributed by atoms with Gasteiger partial charge in [-0.25, -0.2) is 4.39 Å². The fourth-order valence-electron chi connectivity index (χ4n) is 1.51. The first-order valence-electron chi connectivity index (χ1n) is 5.37. The van der Waals surface area contributed by atoms with E-state index in [9.17, 15) is 9.18 Å². The van der Waals surface area contributed by atoms with Gasteiger partial charge in [-0.3, -0.25) is 4.79 Å². The predicted molar refractivity (Wildman–Crippen MR) is 66.4 cm³/mol. The van der Waals surface area contributed by atoms with Crippen LogP contribution >= 0.6 is 11.6 Å². The van der Waals surface area contributed by atoms with Crippen LogP contribution in [0.5, 0.6) is 0 Å². The molecule has 0 saturated heterocycles. The third-order valence-electron chi connectivity index (χ3n) is 2.52. The van der Waals surface area contributed by atoms with Crippen molar-refractivity contribution in [3.05, 3.63) is 34.6 Å². The number of hydrogen-bond acceptors (Lipinski definition) is 2. The summed E-state index contributed by atoms with van der Waals surface area (Å²) in [5, 5.41) is 0.381. The van der Waals surface area contributed by atoms with Crippen molar-refractivity contribution in [2.24, 2.45) is 5.73 Å². The molecule has 0 fully saturated rings. The lowest BCUT2D eigenvalue weighted by Gasteiger charge is -2.19. The van der Waals surface area contributed by atoms with Crippen LogP contribution in [0.25, 0.3) is 0 Å². The van der Waals surface area contributed by atoms with Crippen molar-refractivity contribution < 1.29 is 9.18 Å². The average Bonchev–Trinajstić information content (AvgIpc) is 2.26. The third-order valence-corrected chi connectivity index (χ3v) is 2.88. The first kappa shape index (κ1) is 13.9. The Bertz CT molecular complexity index is 389. The van der Waals surface area contributed by atoms with Crippen LogP contribution in [0.1, 0.15) is 12.5 Å². The fourth-order valence-corrected chi connectivity index (χ4v) is 1.77. The molecule has 0 aliphatic carbocycles.